The number of rotatable bonds is 3. The first-order valence-corrected chi connectivity index (χ1v) is 10.7. The van der Waals surface area contributed by atoms with Crippen molar-refractivity contribution in [3.05, 3.63) is 66.4 Å². The van der Waals surface area contributed by atoms with Gasteiger partial charge in [0, 0.05) is 18.5 Å². The third kappa shape index (κ3) is 7.84. The molecule has 0 atom stereocenters. The highest BCUT2D eigenvalue weighted by Crippen LogP contribution is 2.24. The number of benzene rings is 2. The summed E-state index contributed by atoms with van der Waals surface area (Å²) in [5, 5.41) is 5.88. The van der Waals surface area contributed by atoms with Crippen molar-refractivity contribution < 1.29 is 22.6 Å². The van der Waals surface area contributed by atoms with Crippen molar-refractivity contribution in [1.29, 1.82) is 0 Å². The van der Waals surface area contributed by atoms with Gasteiger partial charge in [0.25, 0.3) is 16.0 Å². The Morgan fingerprint density at radius 1 is 1.06 bits per heavy atom. The number of pyridine rings is 1. The zero-order valence-electron chi connectivity index (χ0n) is 16.7. The van der Waals surface area contributed by atoms with Crippen LogP contribution in [0.3, 0.4) is 0 Å². The number of fused-ring (bicyclic) bond motifs is 1. The molecule has 3 aromatic rings. The number of nitrogens with two attached hydrogens (primary N) is 1. The second kappa shape index (κ2) is 10.3. The van der Waals surface area contributed by atoms with E-state index < -0.39 is 16.0 Å². The second-order valence-electron chi connectivity index (χ2n) is 6.26. The van der Waals surface area contributed by atoms with Crippen molar-refractivity contribution in [1.82, 2.24) is 10.3 Å². The number of para-hydroxylation sites is 2. The largest absolute Gasteiger partial charge is 0.369 e. The van der Waals surface area contributed by atoms with Gasteiger partial charge in [0.1, 0.15) is 0 Å². The van der Waals surface area contributed by atoms with Gasteiger partial charge in [-0.05, 0) is 24.3 Å². The van der Waals surface area contributed by atoms with Crippen molar-refractivity contribution >= 4 is 50.2 Å². The fourth-order valence-corrected chi connectivity index (χ4v) is 2.52. The maximum atomic E-state index is 12.6. The molecule has 0 unspecified atom stereocenters. The van der Waals surface area contributed by atoms with Crippen LogP contribution in [0.2, 0.25) is 0 Å². The molecule has 1 aromatic heterocycles. The predicted octanol–water partition coefficient (Wildman–Crippen LogP) is 2.07. The summed E-state index contributed by atoms with van der Waals surface area (Å²) in [6.45, 7) is 1.41. The molecule has 0 spiro atoms. The number of nitrogens with one attached hydrogen (secondary N) is 2. The van der Waals surface area contributed by atoms with Crippen LogP contribution in [-0.4, -0.2) is 42.0 Å². The molecular formula is C20H21N5O5S. The summed E-state index contributed by atoms with van der Waals surface area (Å²) >= 11 is 0. The van der Waals surface area contributed by atoms with Crippen LogP contribution in [0.4, 0.5) is 11.4 Å². The van der Waals surface area contributed by atoms with Crippen LogP contribution < -0.4 is 16.4 Å². The molecule has 0 aliphatic rings. The number of nitrogens with zero attached hydrogens (tertiary/aromatic N) is 2. The van der Waals surface area contributed by atoms with E-state index in [1.807, 2.05) is 18.2 Å². The minimum Gasteiger partial charge on any atom is -0.369 e. The summed E-state index contributed by atoms with van der Waals surface area (Å²) in [5.41, 5.74) is 7.91. The molecule has 10 nitrogen and oxygen atoms in total. The normalized spacial score (nSPS) is 11.3. The molecule has 0 saturated heterocycles. The molecule has 2 aromatic carbocycles. The Kier molecular flexibility index (Phi) is 7.77. The van der Waals surface area contributed by atoms with E-state index in [4.69, 9.17) is 10.3 Å². The monoisotopic (exact) mass is 443 g/mol. The van der Waals surface area contributed by atoms with Crippen LogP contribution in [0.5, 0.6) is 0 Å². The van der Waals surface area contributed by atoms with Crippen molar-refractivity contribution in [2.45, 2.75) is 6.92 Å². The minimum absolute atomic E-state index is 0.0100. The number of aliphatic imine (C=N–C) groups is 1. The van der Waals surface area contributed by atoms with E-state index in [0.29, 0.717) is 34.1 Å². The van der Waals surface area contributed by atoms with E-state index in [-0.39, 0.29) is 11.9 Å². The van der Waals surface area contributed by atoms with Crippen molar-refractivity contribution in [2.75, 3.05) is 11.6 Å². The number of guanidine groups is 1. The number of amides is 2. The molecule has 11 heteroatoms. The van der Waals surface area contributed by atoms with Gasteiger partial charge in [0.15, 0.2) is 0 Å². The van der Waals surface area contributed by atoms with Gasteiger partial charge in [0.2, 0.25) is 11.9 Å². The Morgan fingerprint density at radius 2 is 1.71 bits per heavy atom. The lowest BCUT2D eigenvalue weighted by molar-refractivity contribution is -0.114. The average Bonchev–Trinajstić information content (AvgIpc) is 2.66. The Labute approximate surface area is 179 Å². The zero-order chi connectivity index (χ0) is 23.0. The van der Waals surface area contributed by atoms with Crippen molar-refractivity contribution in [3.8, 4) is 0 Å². The molecule has 162 valence electrons. The van der Waals surface area contributed by atoms with Gasteiger partial charge in [-0.25, -0.2) is 4.99 Å². The highest BCUT2D eigenvalue weighted by Gasteiger charge is 2.14. The molecule has 1 heterocycles. The summed E-state index contributed by atoms with van der Waals surface area (Å²) in [6, 6.07) is 15.9. The van der Waals surface area contributed by atoms with Gasteiger partial charge in [-0.2, -0.15) is 8.42 Å². The molecule has 0 fully saturated rings. The molecule has 31 heavy (non-hydrogen) atoms. The molecule has 0 aliphatic carbocycles. The molecule has 3 rings (SSSR count). The maximum absolute atomic E-state index is 12.6. The van der Waals surface area contributed by atoms with Gasteiger partial charge in [-0.3, -0.25) is 24.4 Å². The van der Waals surface area contributed by atoms with E-state index >= 15 is 0 Å². The van der Waals surface area contributed by atoms with E-state index in [2.05, 4.69) is 20.6 Å². The second-order valence-corrected chi connectivity index (χ2v) is 7.73. The first-order valence-electron chi connectivity index (χ1n) is 8.83. The zero-order valence-corrected chi connectivity index (χ0v) is 17.6. The fourth-order valence-electron chi connectivity index (χ4n) is 2.52. The molecule has 0 bridgehead atoms. The van der Waals surface area contributed by atoms with Gasteiger partial charge in [0.05, 0.1) is 28.7 Å². The Hall–Kier alpha value is -3.83. The van der Waals surface area contributed by atoms with E-state index in [0.717, 1.165) is 0 Å². The molecule has 0 saturated carbocycles. The standard InChI is InChI=1S/C19H17N5O2.CH4O3S/c1-12(25)22-16-9-5-8-14-15(10-11-21-17(14)16)18(26)24-19(20)23-13-6-3-2-4-7-13;1-5(2,3)4/h2-11H,1H3,(H,22,25)(H3,20,23,24,26);1H3,(H,2,3,4). The molecular weight excluding hydrogens is 422 g/mol. The van der Waals surface area contributed by atoms with Crippen LogP contribution >= 0.6 is 0 Å². The lowest BCUT2D eigenvalue weighted by atomic mass is 10.1. The molecule has 0 aliphatic heterocycles. The van der Waals surface area contributed by atoms with Gasteiger partial charge >= 0.3 is 0 Å². The van der Waals surface area contributed by atoms with E-state index in [1.165, 1.54) is 13.1 Å². The van der Waals surface area contributed by atoms with Crippen molar-refractivity contribution in [2.24, 2.45) is 10.7 Å². The smallest absolute Gasteiger partial charge is 0.261 e. The van der Waals surface area contributed by atoms with Crippen molar-refractivity contribution in [3.63, 3.8) is 0 Å². The highest BCUT2D eigenvalue weighted by atomic mass is 32.2. The summed E-state index contributed by atoms with van der Waals surface area (Å²) < 4.78 is 25.9. The highest BCUT2D eigenvalue weighted by molar-refractivity contribution is 7.85. The summed E-state index contributed by atoms with van der Waals surface area (Å²) in [6.07, 6.45) is 2.22. The van der Waals surface area contributed by atoms with Gasteiger partial charge in [-0.1, -0.05) is 30.3 Å². The number of aromatic nitrogens is 1. The minimum atomic E-state index is -3.67. The summed E-state index contributed by atoms with van der Waals surface area (Å²) in [5.74, 6) is -0.632. The van der Waals surface area contributed by atoms with Crippen LogP contribution in [-0.2, 0) is 14.9 Å². The number of hydrogen-bond acceptors (Lipinski definition) is 6. The third-order valence-electron chi connectivity index (χ3n) is 3.57. The lowest BCUT2D eigenvalue weighted by Crippen LogP contribution is -2.36. The summed E-state index contributed by atoms with van der Waals surface area (Å²) in [4.78, 5) is 32.4. The topological polar surface area (TPSA) is 164 Å². The number of carbonyl (C=O) groups is 2. The maximum Gasteiger partial charge on any atom is 0.261 e. The van der Waals surface area contributed by atoms with E-state index in [9.17, 15) is 18.0 Å². The van der Waals surface area contributed by atoms with Gasteiger partial charge < -0.3 is 11.1 Å². The predicted molar refractivity (Wildman–Crippen MR) is 119 cm³/mol. The average molecular weight is 443 g/mol. The SMILES string of the molecule is CC(=O)Nc1cccc2c(C(=O)NC(N)=Nc3ccccc3)ccnc12.CS(=O)(=O)O. The molecule has 5 N–H and O–H groups in total. The van der Waals surface area contributed by atoms with Crippen LogP contribution in [0.25, 0.3) is 10.9 Å². The summed E-state index contributed by atoms with van der Waals surface area (Å²) in [7, 11) is -3.67. The van der Waals surface area contributed by atoms with E-state index in [1.54, 1.807) is 36.4 Å². The van der Waals surface area contributed by atoms with Crippen LogP contribution in [0.15, 0.2) is 65.8 Å². The first-order chi connectivity index (χ1) is 14.5. The Balaban J connectivity index is 0.000000614. The van der Waals surface area contributed by atoms with Gasteiger partial charge in [-0.15, -0.1) is 0 Å². The Morgan fingerprint density at radius 3 is 2.32 bits per heavy atom. The molecule has 2 amide bonds. The fraction of sp³-hybridized carbons (Fsp3) is 0.100. The first kappa shape index (κ1) is 23.4. The third-order valence-corrected chi connectivity index (χ3v) is 3.57. The molecule has 0 radical (unpaired) electrons. The lowest BCUT2D eigenvalue weighted by Gasteiger charge is -2.10. The van der Waals surface area contributed by atoms with Crippen LogP contribution in [0.1, 0.15) is 17.3 Å². The van der Waals surface area contributed by atoms with Crippen LogP contribution in [0, 0.1) is 0 Å². The number of hydrogen-bond donors (Lipinski definition) is 4. The quantitative estimate of drug-likeness (QED) is 0.273. The Bertz CT molecular complexity index is 1220. The number of carbonyl (C=O) groups excluding carboxylic acids is 2. The number of anilines is 1.